The molecule has 0 aliphatic heterocycles. The van der Waals surface area contributed by atoms with Gasteiger partial charge in [-0.25, -0.2) is 0 Å². The van der Waals surface area contributed by atoms with Gasteiger partial charge in [-0.1, -0.05) is 26.2 Å². The van der Waals surface area contributed by atoms with Crippen LogP contribution < -0.4 is 4.89 Å². The second kappa shape index (κ2) is 11.4. The smallest absolute Gasteiger partial charge is 0.566 e. The van der Waals surface area contributed by atoms with Gasteiger partial charge in [0.1, 0.15) is 6.61 Å². The number of rotatable bonds is 6. The number of hydrogen-bond acceptors (Lipinski definition) is 3. The Morgan fingerprint density at radius 1 is 1.36 bits per heavy atom. The second-order valence-corrected chi connectivity index (χ2v) is 2.82. The van der Waals surface area contributed by atoms with Crippen LogP contribution in [-0.2, 0) is 9.09 Å². The van der Waals surface area contributed by atoms with Crippen molar-refractivity contribution in [2.45, 2.75) is 32.6 Å². The van der Waals surface area contributed by atoms with Crippen molar-refractivity contribution in [3.63, 3.8) is 0 Å². The Balaban J connectivity index is 0. The quantitative estimate of drug-likeness (QED) is 0.553. The van der Waals surface area contributed by atoms with Crippen LogP contribution >= 0.6 is 8.25 Å². The first-order valence-corrected chi connectivity index (χ1v) is 4.64. The summed E-state index contributed by atoms with van der Waals surface area (Å²) in [6.45, 7) is 2.45. The standard InChI is InChI=1S/C6H13O3P.Nd/c1-2-3-4-5-6-9-10(7)8;/h2-6H2,1H3;/q;+3. The SMILES string of the molecule is CCCCCCO[P+](=O)[O-].[Nd+3]. The van der Waals surface area contributed by atoms with Gasteiger partial charge in [-0.05, 0) is 11.0 Å². The monoisotopic (exact) mass is 306 g/mol. The summed E-state index contributed by atoms with van der Waals surface area (Å²) in [6, 6.07) is 0. The molecule has 0 saturated carbocycles. The molecule has 0 N–H and O–H groups in total. The van der Waals surface area contributed by atoms with Crippen molar-refractivity contribution >= 4 is 8.25 Å². The Kier molecular flexibility index (Phi) is 15.4. The van der Waals surface area contributed by atoms with Gasteiger partial charge in [0.05, 0.1) is 0 Å². The summed E-state index contributed by atoms with van der Waals surface area (Å²) in [7, 11) is -2.62. The molecule has 0 rings (SSSR count). The van der Waals surface area contributed by atoms with Gasteiger partial charge in [0.2, 0.25) is 0 Å². The fourth-order valence-electron chi connectivity index (χ4n) is 0.668. The van der Waals surface area contributed by atoms with E-state index in [0.29, 0.717) is 6.61 Å². The first-order valence-electron chi connectivity index (χ1n) is 3.54. The van der Waals surface area contributed by atoms with E-state index in [1.54, 1.807) is 0 Å². The van der Waals surface area contributed by atoms with Crippen molar-refractivity contribution < 1.29 is 54.8 Å². The molecule has 1 radical (unpaired) electrons. The predicted octanol–water partition coefficient (Wildman–Crippen LogP) is 1.60. The zero-order chi connectivity index (χ0) is 7.82. The minimum Gasteiger partial charge on any atom is -0.566 e. The first-order chi connectivity index (χ1) is 4.77. The molecule has 0 aliphatic carbocycles. The minimum atomic E-state index is -2.62. The average Bonchev–Trinajstić information content (AvgIpc) is 1.87. The molecular formula is C6H13NdO3P+3. The molecule has 0 aromatic rings. The van der Waals surface area contributed by atoms with Gasteiger partial charge in [0.25, 0.3) is 0 Å². The average molecular weight is 308 g/mol. The topological polar surface area (TPSA) is 49.4 Å². The van der Waals surface area contributed by atoms with Crippen LogP contribution in [-0.4, -0.2) is 6.61 Å². The molecule has 0 heterocycles. The van der Waals surface area contributed by atoms with E-state index in [1.807, 2.05) is 0 Å². The van der Waals surface area contributed by atoms with Crippen LogP contribution in [0.15, 0.2) is 0 Å². The van der Waals surface area contributed by atoms with Gasteiger partial charge >= 0.3 is 49.1 Å². The normalized spacial score (nSPS) is 10.5. The molecule has 0 aromatic carbocycles. The predicted molar refractivity (Wildman–Crippen MR) is 37.7 cm³/mol. The van der Waals surface area contributed by atoms with Gasteiger partial charge < -0.3 is 4.89 Å². The molecule has 61 valence electrons. The van der Waals surface area contributed by atoms with Crippen LogP contribution in [0.5, 0.6) is 0 Å². The van der Waals surface area contributed by atoms with E-state index in [1.165, 1.54) is 0 Å². The summed E-state index contributed by atoms with van der Waals surface area (Å²) < 4.78 is 14.2. The Bertz CT molecular complexity index is 99.8. The van der Waals surface area contributed by atoms with Crippen LogP contribution in [0.25, 0.3) is 0 Å². The van der Waals surface area contributed by atoms with Crippen molar-refractivity contribution in [2.24, 2.45) is 0 Å². The van der Waals surface area contributed by atoms with E-state index < -0.39 is 8.25 Å². The molecule has 0 aliphatic rings. The van der Waals surface area contributed by atoms with Gasteiger partial charge in [-0.2, -0.15) is 0 Å². The molecule has 5 heteroatoms. The molecule has 11 heavy (non-hydrogen) atoms. The van der Waals surface area contributed by atoms with Crippen molar-refractivity contribution in [3.8, 4) is 0 Å². The van der Waals surface area contributed by atoms with Crippen LogP contribution in [0.1, 0.15) is 32.6 Å². The maximum absolute atomic E-state index is 9.85. The van der Waals surface area contributed by atoms with E-state index in [0.717, 1.165) is 25.7 Å². The van der Waals surface area contributed by atoms with Crippen LogP contribution in [0.3, 0.4) is 0 Å². The fourth-order valence-corrected chi connectivity index (χ4v) is 0.946. The van der Waals surface area contributed by atoms with Crippen molar-refractivity contribution in [1.82, 2.24) is 0 Å². The maximum atomic E-state index is 9.85. The van der Waals surface area contributed by atoms with Gasteiger partial charge in [0.15, 0.2) is 0 Å². The largest absolute Gasteiger partial charge is 3.00 e. The molecule has 0 aromatic heterocycles. The number of unbranched alkanes of at least 4 members (excludes halogenated alkanes) is 3. The maximum Gasteiger partial charge on any atom is 3.00 e. The molecule has 1 atom stereocenters. The minimum absolute atomic E-state index is 0. The summed E-state index contributed by atoms with van der Waals surface area (Å²) in [6.07, 6.45) is 4.21. The Labute approximate surface area is 101 Å². The summed E-state index contributed by atoms with van der Waals surface area (Å²) in [5, 5.41) is 0. The molecule has 1 unspecified atom stereocenters. The van der Waals surface area contributed by atoms with Crippen molar-refractivity contribution in [1.29, 1.82) is 0 Å². The fraction of sp³-hybridized carbons (Fsp3) is 1.00. The summed E-state index contributed by atoms with van der Waals surface area (Å²) in [5.74, 6) is 0. The third-order valence-corrected chi connectivity index (χ3v) is 1.59. The zero-order valence-corrected chi connectivity index (χ0v) is 10.8. The Morgan fingerprint density at radius 2 is 2.00 bits per heavy atom. The van der Waals surface area contributed by atoms with Gasteiger partial charge in [0, 0.05) is 0 Å². The van der Waals surface area contributed by atoms with E-state index in [2.05, 4.69) is 11.4 Å². The first kappa shape index (κ1) is 14.9. The third-order valence-electron chi connectivity index (χ3n) is 1.19. The molecule has 0 spiro atoms. The molecule has 3 nitrogen and oxygen atoms in total. The second-order valence-electron chi connectivity index (χ2n) is 2.12. The molecule has 0 fully saturated rings. The number of hydrogen-bond donors (Lipinski definition) is 0. The molecule has 0 amide bonds. The summed E-state index contributed by atoms with van der Waals surface area (Å²) in [5.41, 5.74) is 0. The van der Waals surface area contributed by atoms with Crippen LogP contribution in [0.4, 0.5) is 0 Å². The summed E-state index contributed by atoms with van der Waals surface area (Å²) in [4.78, 5) is 9.85. The van der Waals surface area contributed by atoms with Crippen LogP contribution in [0.2, 0.25) is 0 Å². The van der Waals surface area contributed by atoms with Gasteiger partial charge in [-0.15, -0.1) is 4.52 Å². The van der Waals surface area contributed by atoms with Crippen LogP contribution in [0, 0.1) is 40.8 Å². The van der Waals surface area contributed by atoms with E-state index in [-0.39, 0.29) is 40.8 Å². The van der Waals surface area contributed by atoms with E-state index in [9.17, 15) is 9.46 Å². The Hall–Kier alpha value is 1.37. The Morgan fingerprint density at radius 3 is 2.45 bits per heavy atom. The van der Waals surface area contributed by atoms with Crippen molar-refractivity contribution in [3.05, 3.63) is 0 Å². The third kappa shape index (κ3) is 14.2. The molecular weight excluding hydrogens is 295 g/mol. The molecule has 0 bridgehead atoms. The van der Waals surface area contributed by atoms with Crippen molar-refractivity contribution in [2.75, 3.05) is 6.61 Å². The summed E-state index contributed by atoms with van der Waals surface area (Å²) >= 11 is 0. The molecule has 0 saturated heterocycles. The van der Waals surface area contributed by atoms with Gasteiger partial charge in [-0.3, -0.25) is 0 Å². The van der Waals surface area contributed by atoms with E-state index in [4.69, 9.17) is 0 Å². The van der Waals surface area contributed by atoms with E-state index >= 15 is 0 Å². The zero-order valence-electron chi connectivity index (χ0n) is 6.71.